The second kappa shape index (κ2) is 10.1. The van der Waals surface area contributed by atoms with Crippen LogP contribution in [0.3, 0.4) is 0 Å². The number of hydrogen-bond acceptors (Lipinski definition) is 4. The number of rotatable bonds is 6. The van der Waals surface area contributed by atoms with E-state index in [0.717, 1.165) is 47.3 Å². The van der Waals surface area contributed by atoms with E-state index in [2.05, 4.69) is 54.2 Å². The number of ether oxygens (including phenoxy) is 1. The molecule has 1 fully saturated rings. The van der Waals surface area contributed by atoms with Crippen LogP contribution in [0.25, 0.3) is 16.9 Å². The summed E-state index contributed by atoms with van der Waals surface area (Å²) in [6, 6.07) is 22.8. The summed E-state index contributed by atoms with van der Waals surface area (Å²) < 4.78 is 24.3. The SMILES string of the molecule is Cc1ccc(-n2cc(C3OCCPN3CCc3ccc(N)cc3)c(-c3ccc(F)cc3)n2)cc1. The van der Waals surface area contributed by atoms with Crippen LogP contribution in [0.2, 0.25) is 0 Å². The van der Waals surface area contributed by atoms with E-state index in [1.165, 1.54) is 23.3 Å². The highest BCUT2D eigenvalue weighted by atomic mass is 31.1. The van der Waals surface area contributed by atoms with Gasteiger partial charge in [-0.2, -0.15) is 5.10 Å². The number of nitrogens with zero attached hydrogens (tertiary/aromatic N) is 3. The highest BCUT2D eigenvalue weighted by Gasteiger charge is 2.29. The van der Waals surface area contributed by atoms with Crippen LogP contribution in [0.4, 0.5) is 10.1 Å². The van der Waals surface area contributed by atoms with Crippen molar-refractivity contribution in [2.75, 3.05) is 25.0 Å². The van der Waals surface area contributed by atoms with Crippen LogP contribution in [-0.4, -0.2) is 33.8 Å². The number of nitrogen functional groups attached to an aromatic ring is 1. The van der Waals surface area contributed by atoms with Crippen LogP contribution < -0.4 is 5.73 Å². The Bertz CT molecular complexity index is 1240. The Kier molecular flexibility index (Phi) is 6.73. The zero-order chi connectivity index (χ0) is 23.5. The maximum absolute atomic E-state index is 13.6. The molecule has 0 spiro atoms. The van der Waals surface area contributed by atoms with Gasteiger partial charge in [0.25, 0.3) is 0 Å². The van der Waals surface area contributed by atoms with Gasteiger partial charge < -0.3 is 10.5 Å². The summed E-state index contributed by atoms with van der Waals surface area (Å²) >= 11 is 0. The highest BCUT2D eigenvalue weighted by Crippen LogP contribution is 2.40. The maximum atomic E-state index is 13.6. The van der Waals surface area contributed by atoms with Crippen LogP contribution in [0.1, 0.15) is 22.9 Å². The predicted molar refractivity (Wildman–Crippen MR) is 137 cm³/mol. The first-order valence-electron chi connectivity index (χ1n) is 11.5. The molecule has 4 aromatic rings. The largest absolute Gasteiger partial charge is 0.399 e. The van der Waals surface area contributed by atoms with Crippen LogP contribution in [0.5, 0.6) is 0 Å². The summed E-state index contributed by atoms with van der Waals surface area (Å²) in [5.74, 6) is -0.260. The fourth-order valence-corrected chi connectivity index (χ4v) is 5.30. The molecule has 5 rings (SSSR count). The van der Waals surface area contributed by atoms with E-state index in [9.17, 15) is 4.39 Å². The van der Waals surface area contributed by atoms with Gasteiger partial charge in [-0.15, -0.1) is 0 Å². The molecule has 1 aliphatic rings. The van der Waals surface area contributed by atoms with Gasteiger partial charge in [-0.1, -0.05) is 29.8 Å². The van der Waals surface area contributed by atoms with Crippen molar-refractivity contribution in [1.29, 1.82) is 0 Å². The smallest absolute Gasteiger partial charge is 0.143 e. The minimum absolute atomic E-state index is 0.208. The molecule has 2 atom stereocenters. The summed E-state index contributed by atoms with van der Waals surface area (Å²) in [5.41, 5.74) is 12.7. The molecule has 34 heavy (non-hydrogen) atoms. The Hall–Kier alpha value is -3.05. The standard InChI is InChI=1S/C27H28FN4OP/c1-19-2-12-24(13-3-19)31-18-25(26(30-31)21-6-8-22(28)9-7-21)27-32(34-17-16-33-27)15-14-20-4-10-23(29)11-5-20/h2-13,18,27,34H,14-17,29H2,1H3. The quantitative estimate of drug-likeness (QED) is 0.286. The second-order valence-corrected chi connectivity index (χ2v) is 9.93. The summed E-state index contributed by atoms with van der Waals surface area (Å²) in [5, 5.41) is 4.92. The Morgan fingerprint density at radius 3 is 2.50 bits per heavy atom. The molecule has 0 saturated carbocycles. The molecule has 2 N–H and O–H groups in total. The summed E-state index contributed by atoms with van der Waals surface area (Å²) in [6.45, 7) is 3.64. The van der Waals surface area contributed by atoms with Gasteiger partial charge in [-0.3, -0.25) is 4.67 Å². The first kappa shape index (κ1) is 22.7. The maximum Gasteiger partial charge on any atom is 0.143 e. The van der Waals surface area contributed by atoms with Crippen molar-refractivity contribution in [3.05, 3.63) is 102 Å². The van der Waals surface area contributed by atoms with Crippen LogP contribution in [0, 0.1) is 12.7 Å². The molecule has 1 aromatic heterocycles. The third-order valence-electron chi connectivity index (χ3n) is 6.02. The lowest BCUT2D eigenvalue weighted by Gasteiger charge is -2.35. The highest BCUT2D eigenvalue weighted by molar-refractivity contribution is 7.35. The van der Waals surface area contributed by atoms with Crippen LogP contribution >= 0.6 is 8.73 Å². The fourth-order valence-electron chi connectivity index (χ4n) is 4.15. The molecule has 1 saturated heterocycles. The summed E-state index contributed by atoms with van der Waals surface area (Å²) in [4.78, 5) is 0. The number of anilines is 1. The molecule has 2 unspecified atom stereocenters. The number of aromatic nitrogens is 2. The minimum atomic E-state index is -0.260. The van der Waals surface area contributed by atoms with Crippen LogP contribution in [0.15, 0.2) is 79.0 Å². The molecule has 1 aliphatic heterocycles. The van der Waals surface area contributed by atoms with Gasteiger partial charge in [0.2, 0.25) is 0 Å². The van der Waals surface area contributed by atoms with Crippen molar-refractivity contribution in [3.8, 4) is 16.9 Å². The normalized spacial score (nSPS) is 17.3. The molecular weight excluding hydrogens is 446 g/mol. The zero-order valence-electron chi connectivity index (χ0n) is 19.1. The minimum Gasteiger partial charge on any atom is -0.399 e. The molecule has 0 aliphatic carbocycles. The first-order chi connectivity index (χ1) is 16.6. The van der Waals surface area contributed by atoms with Crippen molar-refractivity contribution >= 4 is 14.4 Å². The van der Waals surface area contributed by atoms with Gasteiger partial charge >= 0.3 is 0 Å². The van der Waals surface area contributed by atoms with E-state index >= 15 is 0 Å². The summed E-state index contributed by atoms with van der Waals surface area (Å²) in [6.07, 6.45) is 3.77. The second-order valence-electron chi connectivity index (χ2n) is 8.54. The van der Waals surface area contributed by atoms with Crippen LogP contribution in [-0.2, 0) is 11.2 Å². The van der Waals surface area contributed by atoms with E-state index < -0.39 is 0 Å². The zero-order valence-corrected chi connectivity index (χ0v) is 20.1. The van der Waals surface area contributed by atoms with Gasteiger partial charge in [-0.05, 0) is 76.2 Å². The van der Waals surface area contributed by atoms with Gasteiger partial charge in [0, 0.05) is 35.7 Å². The van der Waals surface area contributed by atoms with Gasteiger partial charge in [0.15, 0.2) is 0 Å². The van der Waals surface area contributed by atoms with Crippen molar-refractivity contribution in [3.63, 3.8) is 0 Å². The molecule has 0 radical (unpaired) electrons. The molecular formula is C27H28FN4OP. The lowest BCUT2D eigenvalue weighted by molar-refractivity contribution is -0.0217. The van der Waals surface area contributed by atoms with Gasteiger partial charge in [0.1, 0.15) is 12.0 Å². The monoisotopic (exact) mass is 474 g/mol. The van der Waals surface area contributed by atoms with E-state index in [1.807, 2.05) is 16.8 Å². The number of halogens is 1. The van der Waals surface area contributed by atoms with E-state index in [-0.39, 0.29) is 12.0 Å². The van der Waals surface area contributed by atoms with Crippen molar-refractivity contribution < 1.29 is 9.13 Å². The van der Waals surface area contributed by atoms with E-state index in [1.54, 1.807) is 12.1 Å². The molecule has 2 heterocycles. The molecule has 0 bridgehead atoms. The Balaban J connectivity index is 1.49. The molecule has 7 heteroatoms. The fraction of sp³-hybridized carbons (Fsp3) is 0.222. The van der Waals surface area contributed by atoms with Crippen molar-refractivity contribution in [1.82, 2.24) is 14.5 Å². The Morgan fingerprint density at radius 2 is 1.76 bits per heavy atom. The van der Waals surface area contributed by atoms with Crippen molar-refractivity contribution in [2.24, 2.45) is 0 Å². The lowest BCUT2D eigenvalue weighted by atomic mass is 10.1. The van der Waals surface area contributed by atoms with E-state index in [4.69, 9.17) is 15.6 Å². The summed E-state index contributed by atoms with van der Waals surface area (Å²) in [7, 11) is 0.661. The number of aryl methyl sites for hydroxylation is 1. The Labute approximate surface area is 201 Å². The van der Waals surface area contributed by atoms with Gasteiger partial charge in [0.05, 0.1) is 18.0 Å². The predicted octanol–water partition coefficient (Wildman–Crippen LogP) is 5.74. The number of hydrogen-bond donors (Lipinski definition) is 1. The van der Waals surface area contributed by atoms with E-state index in [0.29, 0.717) is 15.3 Å². The molecule has 174 valence electrons. The molecule has 3 aromatic carbocycles. The lowest BCUT2D eigenvalue weighted by Crippen LogP contribution is -2.31. The van der Waals surface area contributed by atoms with Crippen molar-refractivity contribution in [2.45, 2.75) is 19.6 Å². The average Bonchev–Trinajstić information content (AvgIpc) is 3.30. The number of nitrogens with two attached hydrogens (primary N) is 1. The third-order valence-corrected chi connectivity index (χ3v) is 7.31. The third kappa shape index (κ3) is 5.05. The topological polar surface area (TPSA) is 56.3 Å². The molecule has 5 nitrogen and oxygen atoms in total. The molecule has 0 amide bonds. The Morgan fingerprint density at radius 1 is 1.03 bits per heavy atom. The first-order valence-corrected chi connectivity index (χ1v) is 12.6. The number of benzene rings is 3. The average molecular weight is 475 g/mol. The van der Waals surface area contributed by atoms with Gasteiger partial charge in [-0.25, -0.2) is 9.07 Å².